The molecule has 7 heteroatoms. The van der Waals surface area contributed by atoms with Crippen LogP contribution in [0.2, 0.25) is 0 Å². The number of hydrogen-bond donors (Lipinski definition) is 1. The Bertz CT molecular complexity index is 859. The number of carbonyl (C=O) groups excluding carboxylic acids is 2. The van der Waals surface area contributed by atoms with Crippen LogP contribution in [0.25, 0.3) is 0 Å². The summed E-state index contributed by atoms with van der Waals surface area (Å²) < 4.78 is 1.41. The fourth-order valence-corrected chi connectivity index (χ4v) is 3.95. The van der Waals surface area contributed by atoms with E-state index in [1.54, 1.807) is 54.8 Å². The van der Waals surface area contributed by atoms with Crippen molar-refractivity contribution in [3.05, 3.63) is 74.4 Å². The van der Waals surface area contributed by atoms with E-state index in [2.05, 4.69) is 21.2 Å². The zero-order valence-corrected chi connectivity index (χ0v) is 17.1. The predicted molar refractivity (Wildman–Crippen MR) is 112 cm³/mol. The largest absolute Gasteiger partial charge is 0.321 e. The average Bonchev–Trinajstić information content (AvgIpc) is 2.67. The second-order valence-corrected chi connectivity index (χ2v) is 7.99. The first-order valence-corrected chi connectivity index (χ1v) is 10.5. The number of rotatable bonds is 7. The lowest BCUT2D eigenvalue weighted by Gasteiger charge is -2.09. The molecule has 2 aromatic carbocycles. The van der Waals surface area contributed by atoms with Gasteiger partial charge in [0.2, 0.25) is 0 Å². The Balaban J connectivity index is 2.10. The molecule has 26 heavy (non-hydrogen) atoms. The van der Waals surface area contributed by atoms with Crippen LogP contribution in [0.3, 0.4) is 0 Å². The molecule has 2 rings (SSSR count). The van der Waals surface area contributed by atoms with Crippen molar-refractivity contribution in [2.45, 2.75) is 0 Å². The van der Waals surface area contributed by atoms with Gasteiger partial charge in [0.25, 0.3) is 5.91 Å². The summed E-state index contributed by atoms with van der Waals surface area (Å²) in [7, 11) is 0. The molecule has 1 amide bonds. The van der Waals surface area contributed by atoms with Gasteiger partial charge in [-0.2, -0.15) is 5.26 Å². The first-order chi connectivity index (χ1) is 12.5. The van der Waals surface area contributed by atoms with Crippen molar-refractivity contribution in [3.8, 4) is 6.07 Å². The van der Waals surface area contributed by atoms with Gasteiger partial charge in [0, 0.05) is 15.7 Å². The van der Waals surface area contributed by atoms with Gasteiger partial charge in [-0.3, -0.25) is 9.59 Å². The molecule has 0 unspecified atom stereocenters. The number of carbonyl (C=O) groups is 2. The molecule has 0 spiro atoms. The fourth-order valence-electron chi connectivity index (χ4n) is 1.99. The van der Waals surface area contributed by atoms with Crippen molar-refractivity contribution in [1.29, 1.82) is 5.26 Å². The van der Waals surface area contributed by atoms with Gasteiger partial charge in [-0.05, 0) is 30.5 Å². The Hall–Kier alpha value is -2.01. The molecule has 4 nitrogen and oxygen atoms in total. The minimum absolute atomic E-state index is 0.00582. The second-order valence-electron chi connectivity index (χ2n) is 5.02. The summed E-state index contributed by atoms with van der Waals surface area (Å²) in [6.45, 7) is 0. The Kier molecular flexibility index (Phi) is 7.98. The second kappa shape index (κ2) is 10.2. The molecule has 0 radical (unpaired) electrons. The van der Waals surface area contributed by atoms with Crippen molar-refractivity contribution in [3.63, 3.8) is 0 Å². The molecule has 0 aliphatic heterocycles. The van der Waals surface area contributed by atoms with Crippen LogP contribution >= 0.6 is 39.5 Å². The molecule has 2 aromatic rings. The lowest BCUT2D eigenvalue weighted by atomic mass is 10.2. The quantitative estimate of drug-likeness (QED) is 0.363. The zero-order chi connectivity index (χ0) is 18.9. The third-order valence-corrected chi connectivity index (χ3v) is 6.09. The first kappa shape index (κ1) is 20.3. The number of benzene rings is 2. The van der Waals surface area contributed by atoms with Crippen LogP contribution in [0.15, 0.2) is 68.9 Å². The third kappa shape index (κ3) is 5.77. The molecule has 1 N–H and O–H groups in total. The molecule has 0 heterocycles. The van der Waals surface area contributed by atoms with Crippen LogP contribution < -0.4 is 5.32 Å². The zero-order valence-electron chi connectivity index (χ0n) is 13.9. The summed E-state index contributed by atoms with van der Waals surface area (Å²) in [5, 5.41) is 12.1. The number of halogens is 1. The van der Waals surface area contributed by atoms with Gasteiger partial charge in [-0.15, -0.1) is 23.5 Å². The van der Waals surface area contributed by atoms with Crippen LogP contribution in [-0.4, -0.2) is 23.7 Å². The molecular weight excluding hydrogens is 432 g/mol. The lowest BCUT2D eigenvalue weighted by Crippen LogP contribution is -2.14. The Labute approximate surface area is 169 Å². The Morgan fingerprint density at radius 2 is 1.77 bits per heavy atom. The van der Waals surface area contributed by atoms with Gasteiger partial charge in [-0.25, -0.2) is 0 Å². The number of amides is 1. The molecule has 0 aliphatic rings. The average molecular weight is 447 g/mol. The number of nitrogens with zero attached hydrogens (tertiary/aromatic N) is 1. The van der Waals surface area contributed by atoms with Gasteiger partial charge in [0.15, 0.2) is 5.78 Å². The monoisotopic (exact) mass is 446 g/mol. The van der Waals surface area contributed by atoms with Crippen molar-refractivity contribution in [2.24, 2.45) is 0 Å². The number of Topliss-reactive ketones (excluding diaryl/α,β-unsaturated/α-hetero) is 1. The molecular formula is C19H15BrN2O2S2. The van der Waals surface area contributed by atoms with Crippen LogP contribution in [0, 0.1) is 11.3 Å². The Morgan fingerprint density at radius 3 is 2.35 bits per heavy atom. The topological polar surface area (TPSA) is 70.0 Å². The molecule has 0 fully saturated rings. The highest BCUT2D eigenvalue weighted by molar-refractivity contribution is 9.10. The highest BCUT2D eigenvalue weighted by atomic mass is 79.9. The van der Waals surface area contributed by atoms with E-state index in [1.165, 1.54) is 23.5 Å². The molecule has 0 saturated carbocycles. The van der Waals surface area contributed by atoms with Gasteiger partial charge in [-0.1, -0.05) is 46.3 Å². The van der Waals surface area contributed by atoms with E-state index in [4.69, 9.17) is 0 Å². The first-order valence-electron chi connectivity index (χ1n) is 7.51. The normalized spacial score (nSPS) is 11.3. The predicted octanol–water partition coefficient (Wildman–Crippen LogP) is 5.10. The standard InChI is InChI=1S/C19H15BrN2O2S2/c1-25-19(26-12-17(23)13-5-3-2-4-6-13)16(11-21)18(24)22-15-9-7-14(20)8-10-15/h2-10H,12H2,1H3,(H,22,24)/b19-16+. The van der Waals surface area contributed by atoms with Crippen molar-refractivity contribution < 1.29 is 9.59 Å². The highest BCUT2D eigenvalue weighted by Crippen LogP contribution is 2.31. The molecule has 0 atom stereocenters. The van der Waals surface area contributed by atoms with Crippen LogP contribution in [0.5, 0.6) is 0 Å². The number of ketones is 1. The van der Waals surface area contributed by atoms with Crippen molar-refractivity contribution in [2.75, 3.05) is 17.3 Å². The van der Waals surface area contributed by atoms with Crippen molar-refractivity contribution >= 4 is 56.8 Å². The summed E-state index contributed by atoms with van der Waals surface area (Å²) in [5.74, 6) is -0.372. The van der Waals surface area contributed by atoms with E-state index in [1.807, 2.05) is 12.1 Å². The van der Waals surface area contributed by atoms with E-state index in [0.717, 1.165) is 4.47 Å². The van der Waals surface area contributed by atoms with E-state index in [9.17, 15) is 14.9 Å². The van der Waals surface area contributed by atoms with Crippen molar-refractivity contribution in [1.82, 2.24) is 0 Å². The smallest absolute Gasteiger partial charge is 0.268 e. The molecule has 0 bridgehead atoms. The maximum atomic E-state index is 12.4. The van der Waals surface area contributed by atoms with Gasteiger partial charge in [0.05, 0.1) is 9.99 Å². The number of anilines is 1. The van der Waals surface area contributed by atoms with Crippen LogP contribution in [-0.2, 0) is 4.79 Å². The summed E-state index contributed by atoms with van der Waals surface area (Å²) in [6.07, 6.45) is 1.78. The van der Waals surface area contributed by atoms with Crippen LogP contribution in [0.1, 0.15) is 10.4 Å². The minimum Gasteiger partial charge on any atom is -0.321 e. The van der Waals surface area contributed by atoms with E-state index < -0.39 is 5.91 Å². The number of hydrogen-bond acceptors (Lipinski definition) is 5. The van der Waals surface area contributed by atoms with Crippen LogP contribution in [0.4, 0.5) is 5.69 Å². The van der Waals surface area contributed by atoms with E-state index in [0.29, 0.717) is 15.5 Å². The van der Waals surface area contributed by atoms with Gasteiger partial charge < -0.3 is 5.32 Å². The third-order valence-electron chi connectivity index (χ3n) is 3.26. The number of nitriles is 1. The maximum Gasteiger partial charge on any atom is 0.268 e. The maximum absolute atomic E-state index is 12.4. The van der Waals surface area contributed by atoms with E-state index in [-0.39, 0.29) is 17.1 Å². The molecule has 0 aliphatic carbocycles. The SMILES string of the molecule is CS/C(SCC(=O)c1ccccc1)=C(/C#N)C(=O)Nc1ccc(Br)cc1. The van der Waals surface area contributed by atoms with Gasteiger partial charge in [0.1, 0.15) is 11.6 Å². The minimum atomic E-state index is -0.487. The lowest BCUT2D eigenvalue weighted by molar-refractivity contribution is -0.112. The fraction of sp³-hybridized carbons (Fsp3) is 0.105. The summed E-state index contributed by atoms with van der Waals surface area (Å²) >= 11 is 5.81. The Morgan fingerprint density at radius 1 is 1.12 bits per heavy atom. The summed E-state index contributed by atoms with van der Waals surface area (Å²) in [4.78, 5) is 24.7. The molecule has 0 aromatic heterocycles. The molecule has 132 valence electrons. The molecule has 0 saturated heterocycles. The van der Waals surface area contributed by atoms with Gasteiger partial charge >= 0.3 is 0 Å². The summed E-state index contributed by atoms with van der Waals surface area (Å²) in [5.41, 5.74) is 1.21. The number of thioether (sulfide) groups is 2. The highest BCUT2D eigenvalue weighted by Gasteiger charge is 2.17. The number of nitrogens with one attached hydrogen (secondary N) is 1. The summed E-state index contributed by atoms with van der Waals surface area (Å²) in [6, 6.07) is 18.0. The van der Waals surface area contributed by atoms with E-state index >= 15 is 0 Å².